The Morgan fingerprint density at radius 2 is 1.54 bits per heavy atom. The summed E-state index contributed by atoms with van der Waals surface area (Å²) in [4.78, 5) is 0. The van der Waals surface area contributed by atoms with Crippen LogP contribution < -0.4 is 5.14 Å². The highest BCUT2D eigenvalue weighted by molar-refractivity contribution is 7.83. The summed E-state index contributed by atoms with van der Waals surface area (Å²) in [6, 6.07) is 7.08. The Morgan fingerprint density at radius 3 is 1.69 bits per heavy atom. The fraction of sp³-hybridized carbons (Fsp3) is 0. The number of halogens is 2. The second kappa shape index (κ2) is 5.41. The van der Waals surface area contributed by atoms with E-state index in [1.54, 1.807) is 18.2 Å². The van der Waals surface area contributed by atoms with Gasteiger partial charge in [-0.3, -0.25) is 4.55 Å². The highest BCUT2D eigenvalue weighted by atomic mass is 35.5. The Hall–Kier alpha value is -0.330. The van der Waals surface area contributed by atoms with Crippen LogP contribution in [0.1, 0.15) is 0 Å². The van der Waals surface area contributed by atoms with E-state index in [1.165, 1.54) is 0 Å². The van der Waals surface area contributed by atoms with Crippen LogP contribution in [0.3, 0.4) is 0 Å². The standard InChI is InChI=1S/C6H4Cl2.H3NO3S/c7-5-2-1-3-6(8)4-5;1-5(2,3)4/h1-4H;(H3,1,2,3,4). The van der Waals surface area contributed by atoms with Crippen molar-refractivity contribution in [3.63, 3.8) is 0 Å². The Kier molecular flexibility index (Phi) is 5.27. The van der Waals surface area contributed by atoms with Crippen LogP contribution in [0.25, 0.3) is 0 Å². The molecule has 1 rings (SSSR count). The lowest BCUT2D eigenvalue weighted by atomic mass is 10.4. The van der Waals surface area contributed by atoms with Gasteiger partial charge in [-0.1, -0.05) is 29.3 Å². The van der Waals surface area contributed by atoms with Gasteiger partial charge in [0.25, 0.3) is 0 Å². The molecular formula is C6H7Cl2NO3S. The summed E-state index contributed by atoms with van der Waals surface area (Å²) in [6.07, 6.45) is 0. The molecule has 74 valence electrons. The molecule has 0 atom stereocenters. The first-order valence-corrected chi connectivity index (χ1v) is 5.21. The summed E-state index contributed by atoms with van der Waals surface area (Å²) in [5.74, 6) is 0. The average Bonchev–Trinajstić information content (AvgIpc) is 1.81. The Balaban J connectivity index is 0.000000252. The lowest BCUT2D eigenvalue weighted by Gasteiger charge is -1.86. The Bertz CT molecular complexity index is 341. The van der Waals surface area contributed by atoms with Crippen LogP contribution in [0.15, 0.2) is 24.3 Å². The predicted octanol–water partition coefficient (Wildman–Crippen LogP) is 1.74. The third-order valence-electron chi connectivity index (χ3n) is 0.787. The fourth-order valence-electron chi connectivity index (χ4n) is 0.460. The van der Waals surface area contributed by atoms with Gasteiger partial charge in [-0.25, -0.2) is 5.14 Å². The number of rotatable bonds is 0. The first kappa shape index (κ1) is 12.7. The van der Waals surface area contributed by atoms with Gasteiger partial charge in [-0.05, 0) is 18.2 Å². The average molecular weight is 244 g/mol. The molecule has 0 heterocycles. The second-order valence-corrected chi connectivity index (χ2v) is 3.86. The maximum absolute atomic E-state index is 8.97. The smallest absolute Gasteiger partial charge is 0.274 e. The Morgan fingerprint density at radius 1 is 1.23 bits per heavy atom. The van der Waals surface area contributed by atoms with Crippen molar-refractivity contribution in [1.82, 2.24) is 0 Å². The third-order valence-corrected chi connectivity index (χ3v) is 1.26. The number of benzene rings is 1. The van der Waals surface area contributed by atoms with Crippen LogP contribution in [0, 0.1) is 0 Å². The summed E-state index contributed by atoms with van der Waals surface area (Å²) >= 11 is 11.1. The molecule has 0 aliphatic heterocycles. The minimum Gasteiger partial charge on any atom is -0.274 e. The van der Waals surface area contributed by atoms with E-state index < -0.39 is 10.3 Å². The van der Waals surface area contributed by atoms with E-state index in [9.17, 15) is 0 Å². The normalized spacial score (nSPS) is 10.2. The highest BCUT2D eigenvalue weighted by Crippen LogP contribution is 2.13. The van der Waals surface area contributed by atoms with Crippen LogP contribution in [-0.4, -0.2) is 13.0 Å². The molecule has 0 saturated heterocycles. The summed E-state index contributed by atoms with van der Waals surface area (Å²) < 4.78 is 25.2. The lowest BCUT2D eigenvalue weighted by molar-refractivity contribution is 0.485. The topological polar surface area (TPSA) is 80.4 Å². The van der Waals surface area contributed by atoms with Gasteiger partial charge < -0.3 is 0 Å². The molecule has 0 saturated carbocycles. The van der Waals surface area contributed by atoms with Gasteiger partial charge in [0.1, 0.15) is 0 Å². The van der Waals surface area contributed by atoms with Gasteiger partial charge in [0, 0.05) is 10.0 Å². The minimum absolute atomic E-state index is 0.678. The van der Waals surface area contributed by atoms with E-state index >= 15 is 0 Å². The number of hydrogen-bond acceptors (Lipinski definition) is 2. The Labute approximate surface area is 86.1 Å². The number of nitrogens with two attached hydrogens (primary N) is 1. The monoisotopic (exact) mass is 243 g/mol. The highest BCUT2D eigenvalue weighted by Gasteiger charge is 1.85. The van der Waals surface area contributed by atoms with Crippen molar-refractivity contribution in [3.8, 4) is 0 Å². The van der Waals surface area contributed by atoms with E-state index in [-0.39, 0.29) is 0 Å². The van der Waals surface area contributed by atoms with Crippen molar-refractivity contribution in [3.05, 3.63) is 34.3 Å². The minimum atomic E-state index is -4.17. The molecule has 0 bridgehead atoms. The third kappa shape index (κ3) is 11.7. The zero-order valence-corrected chi connectivity index (χ0v) is 8.64. The molecular weight excluding hydrogens is 237 g/mol. The summed E-state index contributed by atoms with van der Waals surface area (Å²) in [5, 5.41) is 5.24. The summed E-state index contributed by atoms with van der Waals surface area (Å²) in [7, 11) is -4.17. The van der Waals surface area contributed by atoms with Gasteiger partial charge in [-0.15, -0.1) is 0 Å². The molecule has 3 N–H and O–H groups in total. The van der Waals surface area contributed by atoms with E-state index in [4.69, 9.17) is 36.2 Å². The van der Waals surface area contributed by atoms with Crippen molar-refractivity contribution in [2.24, 2.45) is 5.14 Å². The molecule has 4 nitrogen and oxygen atoms in total. The molecule has 1 aromatic rings. The van der Waals surface area contributed by atoms with E-state index in [1.807, 2.05) is 6.07 Å². The van der Waals surface area contributed by atoms with Gasteiger partial charge in [0.15, 0.2) is 0 Å². The van der Waals surface area contributed by atoms with Gasteiger partial charge in [0.2, 0.25) is 0 Å². The van der Waals surface area contributed by atoms with Crippen LogP contribution >= 0.6 is 23.2 Å². The SMILES string of the molecule is Clc1cccc(Cl)c1.NS(=O)(=O)O. The molecule has 0 aliphatic carbocycles. The number of hydrogen-bond donors (Lipinski definition) is 2. The molecule has 0 spiro atoms. The maximum atomic E-state index is 8.97. The van der Waals surface area contributed by atoms with E-state index in [0.29, 0.717) is 10.0 Å². The van der Waals surface area contributed by atoms with Crippen molar-refractivity contribution < 1.29 is 13.0 Å². The van der Waals surface area contributed by atoms with Crippen molar-refractivity contribution in [2.45, 2.75) is 0 Å². The quantitative estimate of drug-likeness (QED) is 0.682. The van der Waals surface area contributed by atoms with E-state index in [2.05, 4.69) is 5.14 Å². The zero-order chi connectivity index (χ0) is 10.5. The molecule has 0 unspecified atom stereocenters. The van der Waals surface area contributed by atoms with Crippen molar-refractivity contribution in [1.29, 1.82) is 0 Å². The molecule has 0 fully saturated rings. The molecule has 0 amide bonds. The van der Waals surface area contributed by atoms with Gasteiger partial charge in [0.05, 0.1) is 0 Å². The first-order chi connectivity index (χ1) is 5.79. The van der Waals surface area contributed by atoms with Crippen LogP contribution in [0.4, 0.5) is 0 Å². The lowest BCUT2D eigenvalue weighted by Crippen LogP contribution is -2.08. The molecule has 1 aromatic carbocycles. The summed E-state index contributed by atoms with van der Waals surface area (Å²) in [6.45, 7) is 0. The molecule has 0 aromatic heterocycles. The van der Waals surface area contributed by atoms with Crippen molar-refractivity contribution in [2.75, 3.05) is 0 Å². The predicted molar refractivity (Wildman–Crippen MR) is 52.2 cm³/mol. The molecule has 0 aliphatic rings. The van der Waals surface area contributed by atoms with Gasteiger partial charge >= 0.3 is 10.3 Å². The molecule has 0 radical (unpaired) electrons. The zero-order valence-electron chi connectivity index (χ0n) is 6.31. The summed E-state index contributed by atoms with van der Waals surface area (Å²) in [5.41, 5.74) is 0. The molecule has 7 heteroatoms. The van der Waals surface area contributed by atoms with Crippen LogP contribution in [0.2, 0.25) is 10.0 Å². The fourth-order valence-corrected chi connectivity index (χ4v) is 0.896. The van der Waals surface area contributed by atoms with Crippen molar-refractivity contribution >= 4 is 33.5 Å². The van der Waals surface area contributed by atoms with Gasteiger partial charge in [-0.2, -0.15) is 8.42 Å². The second-order valence-electron chi connectivity index (χ2n) is 1.95. The molecule has 13 heavy (non-hydrogen) atoms. The maximum Gasteiger partial charge on any atom is 0.330 e. The first-order valence-electron chi connectivity index (χ1n) is 2.95. The van der Waals surface area contributed by atoms with E-state index in [0.717, 1.165) is 0 Å². The van der Waals surface area contributed by atoms with Crippen LogP contribution in [0.5, 0.6) is 0 Å². The largest absolute Gasteiger partial charge is 0.330 e. The van der Waals surface area contributed by atoms with Crippen LogP contribution in [-0.2, 0) is 10.3 Å².